The van der Waals surface area contributed by atoms with Crippen LogP contribution in [0.3, 0.4) is 0 Å². The van der Waals surface area contributed by atoms with Crippen molar-refractivity contribution in [3.8, 4) is 22.5 Å². The SMILES string of the molecule is CC(=O)N(c1cccc(C)c1)c1onc(-c2ccccc2)c1-c1ccncn1. The average Bonchev–Trinajstić information content (AvgIpc) is 3.14. The van der Waals surface area contributed by atoms with Crippen LogP contribution in [0.2, 0.25) is 0 Å². The highest BCUT2D eigenvalue weighted by Crippen LogP contribution is 2.41. The number of carbonyl (C=O) groups excluding carboxylic acids is 1. The fourth-order valence-corrected chi connectivity index (χ4v) is 3.11. The fraction of sp³-hybridized carbons (Fsp3) is 0.0909. The smallest absolute Gasteiger partial charge is 0.248 e. The van der Waals surface area contributed by atoms with Gasteiger partial charge in [0.2, 0.25) is 11.8 Å². The van der Waals surface area contributed by atoms with E-state index >= 15 is 0 Å². The van der Waals surface area contributed by atoms with E-state index in [-0.39, 0.29) is 5.91 Å². The van der Waals surface area contributed by atoms with Crippen molar-refractivity contribution in [1.82, 2.24) is 15.1 Å². The van der Waals surface area contributed by atoms with Crippen molar-refractivity contribution >= 4 is 17.5 Å². The molecule has 0 saturated heterocycles. The third-order valence-corrected chi connectivity index (χ3v) is 4.34. The van der Waals surface area contributed by atoms with Crippen LogP contribution < -0.4 is 4.90 Å². The van der Waals surface area contributed by atoms with Crippen molar-refractivity contribution in [3.63, 3.8) is 0 Å². The summed E-state index contributed by atoms with van der Waals surface area (Å²) in [6.45, 7) is 3.47. The molecule has 0 spiro atoms. The number of benzene rings is 2. The second kappa shape index (κ2) is 7.44. The predicted octanol–water partition coefficient (Wildman–Crippen LogP) is 4.79. The third kappa shape index (κ3) is 3.27. The number of aromatic nitrogens is 3. The summed E-state index contributed by atoms with van der Waals surface area (Å²) >= 11 is 0. The number of hydrogen-bond donors (Lipinski definition) is 0. The molecule has 1 amide bonds. The molecule has 4 rings (SSSR count). The van der Waals surface area contributed by atoms with Gasteiger partial charge in [-0.2, -0.15) is 0 Å². The number of nitrogens with zero attached hydrogens (tertiary/aromatic N) is 4. The van der Waals surface area contributed by atoms with E-state index in [1.807, 2.05) is 61.5 Å². The predicted molar refractivity (Wildman–Crippen MR) is 107 cm³/mol. The van der Waals surface area contributed by atoms with Gasteiger partial charge >= 0.3 is 0 Å². The number of hydrogen-bond acceptors (Lipinski definition) is 5. The molecule has 0 radical (unpaired) electrons. The van der Waals surface area contributed by atoms with Gasteiger partial charge in [0.15, 0.2) is 0 Å². The molecule has 4 aromatic rings. The van der Waals surface area contributed by atoms with Gasteiger partial charge in [0.1, 0.15) is 12.0 Å². The highest BCUT2D eigenvalue weighted by atomic mass is 16.5. The standard InChI is InChI=1S/C22H18N4O2/c1-15-7-6-10-18(13-15)26(16(2)27)22-20(19-11-12-23-14-24-19)21(25-28-22)17-8-4-3-5-9-17/h3-14H,1-2H3. The number of anilines is 2. The summed E-state index contributed by atoms with van der Waals surface area (Å²) in [7, 11) is 0. The molecular formula is C22H18N4O2. The molecular weight excluding hydrogens is 352 g/mol. The molecule has 0 aliphatic carbocycles. The molecule has 0 N–H and O–H groups in total. The van der Waals surface area contributed by atoms with Gasteiger partial charge in [-0.25, -0.2) is 14.9 Å². The summed E-state index contributed by atoms with van der Waals surface area (Å²) in [5.41, 5.74) is 4.51. The van der Waals surface area contributed by atoms with Crippen LogP contribution in [0.1, 0.15) is 12.5 Å². The minimum Gasteiger partial charge on any atom is -0.336 e. The van der Waals surface area contributed by atoms with E-state index in [1.165, 1.54) is 18.2 Å². The molecule has 0 atom stereocenters. The van der Waals surface area contributed by atoms with Crippen molar-refractivity contribution in [3.05, 3.63) is 78.8 Å². The molecule has 0 aliphatic rings. The van der Waals surface area contributed by atoms with Crippen molar-refractivity contribution in [1.29, 1.82) is 0 Å². The zero-order valence-corrected chi connectivity index (χ0v) is 15.5. The van der Waals surface area contributed by atoms with Crippen molar-refractivity contribution < 1.29 is 9.32 Å². The Hall–Kier alpha value is -3.80. The van der Waals surface area contributed by atoms with E-state index in [0.29, 0.717) is 28.5 Å². The third-order valence-electron chi connectivity index (χ3n) is 4.34. The Labute approximate surface area is 162 Å². The maximum absolute atomic E-state index is 12.6. The lowest BCUT2D eigenvalue weighted by atomic mass is 10.0. The largest absolute Gasteiger partial charge is 0.336 e. The van der Waals surface area contributed by atoms with E-state index in [4.69, 9.17) is 4.52 Å². The van der Waals surface area contributed by atoms with E-state index in [9.17, 15) is 4.79 Å². The lowest BCUT2D eigenvalue weighted by molar-refractivity contribution is -0.116. The van der Waals surface area contributed by atoms with Crippen LogP contribution >= 0.6 is 0 Å². The first-order valence-corrected chi connectivity index (χ1v) is 8.84. The summed E-state index contributed by atoms with van der Waals surface area (Å²) in [6, 6.07) is 19.1. The lowest BCUT2D eigenvalue weighted by Crippen LogP contribution is -2.23. The first-order valence-electron chi connectivity index (χ1n) is 8.84. The fourth-order valence-electron chi connectivity index (χ4n) is 3.11. The Kier molecular flexibility index (Phi) is 4.68. The lowest BCUT2D eigenvalue weighted by Gasteiger charge is -2.19. The van der Waals surface area contributed by atoms with Gasteiger partial charge in [0.05, 0.1) is 16.9 Å². The van der Waals surface area contributed by atoms with Crippen molar-refractivity contribution in [2.45, 2.75) is 13.8 Å². The molecule has 6 heteroatoms. The monoisotopic (exact) mass is 370 g/mol. The first-order chi connectivity index (χ1) is 13.6. The summed E-state index contributed by atoms with van der Waals surface area (Å²) in [5, 5.41) is 4.28. The van der Waals surface area contributed by atoms with Gasteiger partial charge in [0, 0.05) is 18.7 Å². The number of carbonyl (C=O) groups is 1. The summed E-state index contributed by atoms with van der Waals surface area (Å²) in [4.78, 5) is 22.5. The number of amides is 1. The van der Waals surface area contributed by atoms with Gasteiger partial charge in [-0.15, -0.1) is 0 Å². The molecule has 2 aromatic heterocycles. The summed E-state index contributed by atoms with van der Waals surface area (Å²) in [6.07, 6.45) is 3.12. The van der Waals surface area contributed by atoms with Crippen molar-refractivity contribution in [2.24, 2.45) is 0 Å². The second-order valence-corrected chi connectivity index (χ2v) is 6.37. The molecule has 2 aromatic carbocycles. The molecule has 28 heavy (non-hydrogen) atoms. The van der Waals surface area contributed by atoms with E-state index in [1.54, 1.807) is 12.3 Å². The van der Waals surface area contributed by atoms with Gasteiger partial charge in [-0.05, 0) is 30.7 Å². The Bertz CT molecular complexity index is 1110. The van der Waals surface area contributed by atoms with Crippen LogP contribution in [0.4, 0.5) is 11.6 Å². The van der Waals surface area contributed by atoms with Crippen LogP contribution in [0.15, 0.2) is 77.7 Å². The molecule has 0 unspecified atom stereocenters. The molecule has 0 saturated carbocycles. The van der Waals surface area contributed by atoms with Crippen LogP contribution in [-0.4, -0.2) is 21.0 Å². The Morgan fingerprint density at radius 2 is 1.86 bits per heavy atom. The zero-order valence-electron chi connectivity index (χ0n) is 15.5. The Morgan fingerprint density at radius 3 is 2.54 bits per heavy atom. The number of rotatable bonds is 4. The summed E-state index contributed by atoms with van der Waals surface area (Å²) in [5.74, 6) is 0.146. The maximum atomic E-state index is 12.6. The molecule has 0 bridgehead atoms. The second-order valence-electron chi connectivity index (χ2n) is 6.37. The molecule has 0 fully saturated rings. The van der Waals surface area contributed by atoms with Crippen LogP contribution in [0.5, 0.6) is 0 Å². The molecule has 0 aliphatic heterocycles. The van der Waals surface area contributed by atoms with Crippen LogP contribution in [-0.2, 0) is 4.79 Å². The normalized spacial score (nSPS) is 10.6. The van der Waals surface area contributed by atoms with Crippen molar-refractivity contribution in [2.75, 3.05) is 4.90 Å². The molecule has 2 heterocycles. The average molecular weight is 370 g/mol. The van der Waals surface area contributed by atoms with Gasteiger partial charge in [-0.3, -0.25) is 4.79 Å². The van der Waals surface area contributed by atoms with Gasteiger partial charge in [-0.1, -0.05) is 47.6 Å². The molecule has 6 nitrogen and oxygen atoms in total. The maximum Gasteiger partial charge on any atom is 0.248 e. The van der Waals surface area contributed by atoms with E-state index < -0.39 is 0 Å². The Balaban J connectivity index is 1.96. The van der Waals surface area contributed by atoms with Gasteiger partial charge in [0.25, 0.3) is 0 Å². The van der Waals surface area contributed by atoms with Crippen LogP contribution in [0, 0.1) is 6.92 Å². The summed E-state index contributed by atoms with van der Waals surface area (Å²) < 4.78 is 5.72. The first kappa shape index (κ1) is 17.6. The van der Waals surface area contributed by atoms with E-state index in [0.717, 1.165) is 11.1 Å². The van der Waals surface area contributed by atoms with Crippen LogP contribution in [0.25, 0.3) is 22.5 Å². The zero-order chi connectivity index (χ0) is 19.5. The topological polar surface area (TPSA) is 72.1 Å². The van der Waals surface area contributed by atoms with Gasteiger partial charge < -0.3 is 4.52 Å². The highest BCUT2D eigenvalue weighted by molar-refractivity contribution is 6.03. The highest BCUT2D eigenvalue weighted by Gasteiger charge is 2.28. The van der Waals surface area contributed by atoms with E-state index in [2.05, 4.69) is 15.1 Å². The number of aryl methyl sites for hydroxylation is 1. The minimum atomic E-state index is -0.184. The minimum absolute atomic E-state index is 0.184. The molecule has 138 valence electrons. The quantitative estimate of drug-likeness (QED) is 0.516. The Morgan fingerprint density at radius 1 is 1.04 bits per heavy atom.